The van der Waals surface area contributed by atoms with Crippen LogP contribution in [0.2, 0.25) is 0 Å². The number of aliphatic imine (C=N–C) groups is 1. The summed E-state index contributed by atoms with van der Waals surface area (Å²) in [4.78, 5) is 13.1. The SMILES string of the molecule is CCNC(=NCC1CCCN(C(C)C)C1)NCCc1ncc(C)s1. The zero-order valence-corrected chi connectivity index (χ0v) is 16.5. The molecular weight excluding hydrogens is 318 g/mol. The van der Waals surface area contributed by atoms with E-state index < -0.39 is 0 Å². The molecular formula is C18H33N5S. The maximum atomic E-state index is 4.82. The van der Waals surface area contributed by atoms with Crippen molar-refractivity contribution in [3.05, 3.63) is 16.1 Å². The number of nitrogens with zero attached hydrogens (tertiary/aromatic N) is 3. The Morgan fingerprint density at radius 2 is 2.29 bits per heavy atom. The number of thiazole rings is 1. The molecule has 2 N–H and O–H groups in total. The van der Waals surface area contributed by atoms with E-state index in [4.69, 9.17) is 4.99 Å². The molecule has 1 fully saturated rings. The average Bonchev–Trinajstić information content (AvgIpc) is 2.98. The van der Waals surface area contributed by atoms with E-state index >= 15 is 0 Å². The Bertz CT molecular complexity index is 511. The van der Waals surface area contributed by atoms with Crippen LogP contribution < -0.4 is 10.6 Å². The van der Waals surface area contributed by atoms with Gasteiger partial charge in [0, 0.05) is 49.7 Å². The number of aromatic nitrogens is 1. The quantitative estimate of drug-likeness (QED) is 0.586. The van der Waals surface area contributed by atoms with Crippen molar-refractivity contribution in [2.24, 2.45) is 10.9 Å². The molecule has 1 aliphatic rings. The van der Waals surface area contributed by atoms with Crippen molar-refractivity contribution >= 4 is 17.3 Å². The van der Waals surface area contributed by atoms with Gasteiger partial charge in [0.25, 0.3) is 0 Å². The molecule has 2 rings (SSSR count). The van der Waals surface area contributed by atoms with Crippen LogP contribution in [0.5, 0.6) is 0 Å². The number of likely N-dealkylation sites (tertiary alicyclic amines) is 1. The molecule has 0 saturated carbocycles. The summed E-state index contributed by atoms with van der Waals surface area (Å²) in [5.74, 6) is 1.62. The first-order chi connectivity index (χ1) is 11.6. The highest BCUT2D eigenvalue weighted by Gasteiger charge is 2.21. The van der Waals surface area contributed by atoms with Gasteiger partial charge in [-0.3, -0.25) is 4.99 Å². The van der Waals surface area contributed by atoms with Crippen LogP contribution in [0.3, 0.4) is 0 Å². The highest BCUT2D eigenvalue weighted by atomic mass is 32.1. The lowest BCUT2D eigenvalue weighted by Gasteiger charge is -2.34. The van der Waals surface area contributed by atoms with Crippen molar-refractivity contribution in [2.75, 3.05) is 32.7 Å². The highest BCUT2D eigenvalue weighted by Crippen LogP contribution is 2.18. The van der Waals surface area contributed by atoms with Crippen molar-refractivity contribution in [2.45, 2.75) is 53.0 Å². The van der Waals surface area contributed by atoms with Gasteiger partial charge in [-0.15, -0.1) is 11.3 Å². The third-order valence-corrected chi connectivity index (χ3v) is 5.41. The van der Waals surface area contributed by atoms with E-state index in [-0.39, 0.29) is 0 Å². The third kappa shape index (κ3) is 6.40. The third-order valence-electron chi connectivity index (χ3n) is 4.43. The molecule has 1 aromatic rings. The fraction of sp³-hybridized carbons (Fsp3) is 0.778. The molecule has 1 aliphatic heterocycles. The largest absolute Gasteiger partial charge is 0.357 e. The Kier molecular flexibility index (Phi) is 7.99. The fourth-order valence-electron chi connectivity index (χ4n) is 3.08. The van der Waals surface area contributed by atoms with Crippen molar-refractivity contribution < 1.29 is 0 Å². The lowest BCUT2D eigenvalue weighted by Crippen LogP contribution is -2.42. The van der Waals surface area contributed by atoms with Gasteiger partial charge in [0.1, 0.15) is 0 Å². The molecule has 0 spiro atoms. The molecule has 2 heterocycles. The van der Waals surface area contributed by atoms with Gasteiger partial charge in [0.15, 0.2) is 5.96 Å². The summed E-state index contributed by atoms with van der Waals surface area (Å²) in [7, 11) is 0. The van der Waals surface area contributed by atoms with Gasteiger partial charge in [0.05, 0.1) is 5.01 Å². The van der Waals surface area contributed by atoms with Gasteiger partial charge < -0.3 is 15.5 Å². The van der Waals surface area contributed by atoms with Crippen molar-refractivity contribution in [1.29, 1.82) is 0 Å². The number of rotatable bonds is 7. The predicted molar refractivity (Wildman–Crippen MR) is 104 cm³/mol. The average molecular weight is 352 g/mol. The first kappa shape index (κ1) is 19.2. The molecule has 136 valence electrons. The van der Waals surface area contributed by atoms with Gasteiger partial charge >= 0.3 is 0 Å². The number of guanidine groups is 1. The van der Waals surface area contributed by atoms with Crippen LogP contribution in [-0.2, 0) is 6.42 Å². The molecule has 6 heteroatoms. The number of piperidine rings is 1. The summed E-state index contributed by atoms with van der Waals surface area (Å²) < 4.78 is 0. The molecule has 0 amide bonds. The van der Waals surface area contributed by atoms with Crippen LogP contribution in [0.1, 0.15) is 43.5 Å². The van der Waals surface area contributed by atoms with E-state index in [1.165, 1.54) is 35.8 Å². The first-order valence-electron chi connectivity index (χ1n) is 9.26. The number of hydrogen-bond acceptors (Lipinski definition) is 4. The summed E-state index contributed by atoms with van der Waals surface area (Å²) >= 11 is 1.77. The van der Waals surface area contributed by atoms with E-state index in [1.807, 2.05) is 6.20 Å². The summed E-state index contributed by atoms with van der Waals surface area (Å²) in [5, 5.41) is 7.99. The van der Waals surface area contributed by atoms with E-state index in [0.717, 1.165) is 32.0 Å². The van der Waals surface area contributed by atoms with Crippen LogP contribution in [-0.4, -0.2) is 54.6 Å². The van der Waals surface area contributed by atoms with Gasteiger partial charge in [-0.1, -0.05) is 0 Å². The second-order valence-electron chi connectivity index (χ2n) is 6.86. The molecule has 0 aliphatic carbocycles. The van der Waals surface area contributed by atoms with Crippen LogP contribution in [0.25, 0.3) is 0 Å². The lowest BCUT2D eigenvalue weighted by atomic mass is 9.97. The van der Waals surface area contributed by atoms with Crippen LogP contribution >= 0.6 is 11.3 Å². The Balaban J connectivity index is 1.79. The van der Waals surface area contributed by atoms with Gasteiger partial charge in [-0.25, -0.2) is 4.98 Å². The molecule has 24 heavy (non-hydrogen) atoms. The normalized spacial score (nSPS) is 19.7. The Morgan fingerprint density at radius 3 is 2.96 bits per heavy atom. The zero-order chi connectivity index (χ0) is 17.4. The smallest absolute Gasteiger partial charge is 0.191 e. The Morgan fingerprint density at radius 1 is 1.46 bits per heavy atom. The molecule has 0 bridgehead atoms. The minimum Gasteiger partial charge on any atom is -0.357 e. The lowest BCUT2D eigenvalue weighted by molar-refractivity contribution is 0.143. The maximum absolute atomic E-state index is 4.82. The minimum atomic E-state index is 0.643. The first-order valence-corrected chi connectivity index (χ1v) is 10.1. The summed E-state index contributed by atoms with van der Waals surface area (Å²) in [6.45, 7) is 13.9. The minimum absolute atomic E-state index is 0.643. The zero-order valence-electron chi connectivity index (χ0n) is 15.6. The predicted octanol–water partition coefficient (Wildman–Crippen LogP) is 2.67. The van der Waals surface area contributed by atoms with E-state index in [1.54, 1.807) is 11.3 Å². The summed E-state index contributed by atoms with van der Waals surface area (Å²) in [5.41, 5.74) is 0. The van der Waals surface area contributed by atoms with Crippen LogP contribution in [0.4, 0.5) is 0 Å². The number of aryl methyl sites for hydroxylation is 1. The van der Waals surface area contributed by atoms with Gasteiger partial charge in [-0.2, -0.15) is 0 Å². The highest BCUT2D eigenvalue weighted by molar-refractivity contribution is 7.11. The molecule has 1 aromatic heterocycles. The monoisotopic (exact) mass is 351 g/mol. The van der Waals surface area contributed by atoms with E-state index in [9.17, 15) is 0 Å². The Hall–Kier alpha value is -1.14. The van der Waals surface area contributed by atoms with Crippen molar-refractivity contribution in [3.8, 4) is 0 Å². The van der Waals surface area contributed by atoms with Crippen LogP contribution in [0, 0.1) is 12.8 Å². The van der Waals surface area contributed by atoms with E-state index in [0.29, 0.717) is 12.0 Å². The fourth-order valence-corrected chi connectivity index (χ4v) is 3.87. The van der Waals surface area contributed by atoms with Gasteiger partial charge in [0.2, 0.25) is 0 Å². The topological polar surface area (TPSA) is 52.6 Å². The molecule has 1 atom stereocenters. The molecule has 0 radical (unpaired) electrons. The van der Waals surface area contributed by atoms with Crippen molar-refractivity contribution in [1.82, 2.24) is 20.5 Å². The van der Waals surface area contributed by atoms with Crippen molar-refractivity contribution in [3.63, 3.8) is 0 Å². The molecule has 1 saturated heterocycles. The molecule has 5 nitrogen and oxygen atoms in total. The summed E-state index contributed by atoms with van der Waals surface area (Å²) in [6, 6.07) is 0.643. The van der Waals surface area contributed by atoms with Gasteiger partial charge in [-0.05, 0) is 53.0 Å². The maximum Gasteiger partial charge on any atom is 0.191 e. The van der Waals surface area contributed by atoms with Crippen LogP contribution in [0.15, 0.2) is 11.2 Å². The summed E-state index contributed by atoms with van der Waals surface area (Å²) in [6.07, 6.45) is 5.49. The number of nitrogens with one attached hydrogen (secondary N) is 2. The second kappa shape index (κ2) is 9.99. The molecule has 0 aromatic carbocycles. The Labute approximate surface area is 151 Å². The number of hydrogen-bond donors (Lipinski definition) is 2. The van der Waals surface area contributed by atoms with E-state index in [2.05, 4.69) is 48.2 Å². The second-order valence-corrected chi connectivity index (χ2v) is 8.18. The molecule has 1 unspecified atom stereocenters. The standard InChI is InChI=1S/C18H33N5S/c1-5-19-18(20-9-8-17-21-11-15(4)24-17)22-12-16-7-6-10-23(13-16)14(2)3/h11,14,16H,5-10,12-13H2,1-4H3,(H2,19,20,22).